The second-order valence-corrected chi connectivity index (χ2v) is 6.59. The SMILES string of the molecule is O=C(O)c1coc(CN(CCN2CCOCC2)Cc2ccccc2Cl)n1. The lowest BCUT2D eigenvalue weighted by molar-refractivity contribution is 0.0320. The van der Waals surface area contributed by atoms with Crippen molar-refractivity contribution >= 4 is 17.6 Å². The van der Waals surface area contributed by atoms with Crippen LogP contribution < -0.4 is 0 Å². The van der Waals surface area contributed by atoms with Crippen LogP contribution >= 0.6 is 11.6 Å². The maximum absolute atomic E-state index is 11.0. The number of rotatable bonds is 8. The Hall–Kier alpha value is -1.93. The molecule has 0 radical (unpaired) electrons. The zero-order valence-corrected chi connectivity index (χ0v) is 15.2. The molecule has 0 amide bonds. The number of carboxylic acid groups (broad SMARTS) is 1. The Labute approximate surface area is 157 Å². The number of nitrogens with zero attached hydrogens (tertiary/aromatic N) is 3. The van der Waals surface area contributed by atoms with Gasteiger partial charge in [-0.2, -0.15) is 0 Å². The number of aromatic nitrogens is 1. The van der Waals surface area contributed by atoms with Crippen LogP contribution in [-0.2, 0) is 17.8 Å². The number of oxazole rings is 1. The summed E-state index contributed by atoms with van der Waals surface area (Å²) in [4.78, 5) is 19.5. The Morgan fingerprint density at radius 1 is 1.27 bits per heavy atom. The van der Waals surface area contributed by atoms with Gasteiger partial charge in [0.2, 0.25) is 5.89 Å². The van der Waals surface area contributed by atoms with Gasteiger partial charge in [0.15, 0.2) is 5.69 Å². The first-order valence-electron chi connectivity index (χ1n) is 8.55. The van der Waals surface area contributed by atoms with E-state index in [4.69, 9.17) is 25.9 Å². The fraction of sp³-hybridized carbons (Fsp3) is 0.444. The van der Waals surface area contributed by atoms with Crippen LogP contribution in [0.3, 0.4) is 0 Å². The lowest BCUT2D eigenvalue weighted by atomic mass is 10.2. The van der Waals surface area contributed by atoms with Crippen molar-refractivity contribution in [3.63, 3.8) is 0 Å². The van der Waals surface area contributed by atoms with Crippen LogP contribution in [0, 0.1) is 0 Å². The number of carbonyl (C=O) groups is 1. The first-order valence-corrected chi connectivity index (χ1v) is 8.93. The van der Waals surface area contributed by atoms with Crippen molar-refractivity contribution in [2.24, 2.45) is 0 Å². The summed E-state index contributed by atoms with van der Waals surface area (Å²) in [6.45, 7) is 6.08. The van der Waals surface area contributed by atoms with Gasteiger partial charge < -0.3 is 14.3 Å². The van der Waals surface area contributed by atoms with Gasteiger partial charge in [0, 0.05) is 37.7 Å². The van der Waals surface area contributed by atoms with Crippen LogP contribution in [0.25, 0.3) is 0 Å². The maximum Gasteiger partial charge on any atom is 0.357 e. The number of benzene rings is 1. The Morgan fingerprint density at radius 2 is 2.04 bits per heavy atom. The van der Waals surface area contributed by atoms with Crippen LogP contribution in [0.2, 0.25) is 5.02 Å². The largest absolute Gasteiger partial charge is 0.476 e. The minimum Gasteiger partial charge on any atom is -0.476 e. The number of hydrogen-bond acceptors (Lipinski definition) is 6. The molecule has 1 fully saturated rings. The molecule has 140 valence electrons. The molecule has 1 aromatic carbocycles. The molecule has 0 spiro atoms. The third-order valence-electron chi connectivity index (χ3n) is 4.32. The molecule has 2 aromatic rings. The minimum absolute atomic E-state index is 0.0779. The average molecular weight is 380 g/mol. The molecule has 1 aliphatic rings. The van der Waals surface area contributed by atoms with Gasteiger partial charge in [-0.25, -0.2) is 9.78 Å². The molecule has 0 unspecified atom stereocenters. The molecule has 0 aliphatic carbocycles. The Morgan fingerprint density at radius 3 is 2.73 bits per heavy atom. The molecule has 26 heavy (non-hydrogen) atoms. The lowest BCUT2D eigenvalue weighted by Gasteiger charge is -2.29. The highest BCUT2D eigenvalue weighted by molar-refractivity contribution is 6.31. The third kappa shape index (κ3) is 5.28. The third-order valence-corrected chi connectivity index (χ3v) is 4.69. The van der Waals surface area contributed by atoms with E-state index in [1.165, 1.54) is 6.26 Å². The van der Waals surface area contributed by atoms with Gasteiger partial charge in [-0.1, -0.05) is 29.8 Å². The van der Waals surface area contributed by atoms with Crippen molar-refractivity contribution in [2.45, 2.75) is 13.1 Å². The molecule has 1 N–H and O–H groups in total. The van der Waals surface area contributed by atoms with E-state index >= 15 is 0 Å². The maximum atomic E-state index is 11.0. The topological polar surface area (TPSA) is 79.0 Å². The number of ether oxygens (including phenoxy) is 1. The van der Waals surface area contributed by atoms with E-state index in [2.05, 4.69) is 14.8 Å². The van der Waals surface area contributed by atoms with Crippen molar-refractivity contribution in [2.75, 3.05) is 39.4 Å². The smallest absolute Gasteiger partial charge is 0.357 e. The molecule has 1 aromatic heterocycles. The fourth-order valence-corrected chi connectivity index (χ4v) is 3.06. The van der Waals surface area contributed by atoms with E-state index in [0.717, 1.165) is 45.0 Å². The molecule has 2 heterocycles. The van der Waals surface area contributed by atoms with Gasteiger partial charge in [-0.3, -0.25) is 9.80 Å². The van der Waals surface area contributed by atoms with E-state index in [0.29, 0.717) is 24.0 Å². The highest BCUT2D eigenvalue weighted by Crippen LogP contribution is 2.18. The molecule has 8 heteroatoms. The fourth-order valence-electron chi connectivity index (χ4n) is 2.86. The molecule has 0 saturated carbocycles. The quantitative estimate of drug-likeness (QED) is 0.754. The van der Waals surface area contributed by atoms with E-state index in [1.54, 1.807) is 0 Å². The van der Waals surface area contributed by atoms with E-state index in [-0.39, 0.29) is 5.69 Å². The van der Waals surface area contributed by atoms with Gasteiger partial charge >= 0.3 is 5.97 Å². The normalized spacial score (nSPS) is 15.5. The van der Waals surface area contributed by atoms with Gasteiger partial charge in [0.05, 0.1) is 19.8 Å². The van der Waals surface area contributed by atoms with E-state index in [1.807, 2.05) is 24.3 Å². The lowest BCUT2D eigenvalue weighted by Crippen LogP contribution is -2.41. The summed E-state index contributed by atoms with van der Waals surface area (Å²) in [6.07, 6.45) is 1.17. The van der Waals surface area contributed by atoms with Crippen molar-refractivity contribution in [1.29, 1.82) is 0 Å². The zero-order chi connectivity index (χ0) is 18.4. The molecule has 1 aliphatic heterocycles. The average Bonchev–Trinajstić information content (AvgIpc) is 3.11. The molecule has 0 bridgehead atoms. The summed E-state index contributed by atoms with van der Waals surface area (Å²) in [5.74, 6) is -0.706. The van der Waals surface area contributed by atoms with Crippen LogP contribution in [-0.4, -0.2) is 65.3 Å². The Bertz CT molecular complexity index is 731. The number of halogens is 1. The minimum atomic E-state index is -1.09. The zero-order valence-electron chi connectivity index (χ0n) is 14.4. The van der Waals surface area contributed by atoms with Gasteiger partial charge in [0.1, 0.15) is 6.26 Å². The van der Waals surface area contributed by atoms with Crippen LogP contribution in [0.5, 0.6) is 0 Å². The monoisotopic (exact) mass is 379 g/mol. The van der Waals surface area contributed by atoms with Crippen LogP contribution in [0.4, 0.5) is 0 Å². The van der Waals surface area contributed by atoms with Gasteiger partial charge in [-0.05, 0) is 11.6 Å². The number of carboxylic acids is 1. The second kappa shape index (κ2) is 9.14. The first kappa shape index (κ1) is 18.8. The number of aromatic carboxylic acids is 1. The van der Waals surface area contributed by atoms with Crippen molar-refractivity contribution in [3.8, 4) is 0 Å². The highest BCUT2D eigenvalue weighted by atomic mass is 35.5. The van der Waals surface area contributed by atoms with Gasteiger partial charge in [-0.15, -0.1) is 0 Å². The number of morpholine rings is 1. The molecule has 3 rings (SSSR count). The number of hydrogen-bond donors (Lipinski definition) is 1. The first-order chi connectivity index (χ1) is 12.6. The standard InChI is InChI=1S/C18H22ClN3O4/c19-15-4-2-1-3-14(15)11-22(6-5-21-7-9-25-10-8-21)12-17-20-16(13-26-17)18(23)24/h1-4,13H,5-12H2,(H,23,24). The highest BCUT2D eigenvalue weighted by Gasteiger charge is 2.17. The van der Waals surface area contributed by atoms with Crippen molar-refractivity contribution in [1.82, 2.24) is 14.8 Å². The summed E-state index contributed by atoms with van der Waals surface area (Å²) in [5.41, 5.74) is 0.937. The van der Waals surface area contributed by atoms with E-state index < -0.39 is 5.97 Å². The van der Waals surface area contributed by atoms with Crippen molar-refractivity contribution in [3.05, 3.63) is 52.7 Å². The second-order valence-electron chi connectivity index (χ2n) is 6.19. The van der Waals surface area contributed by atoms with E-state index in [9.17, 15) is 4.79 Å². The Balaban J connectivity index is 1.67. The molecular weight excluding hydrogens is 358 g/mol. The summed E-state index contributed by atoms with van der Waals surface area (Å²) in [7, 11) is 0. The summed E-state index contributed by atoms with van der Waals surface area (Å²) in [6, 6.07) is 7.71. The summed E-state index contributed by atoms with van der Waals surface area (Å²) < 4.78 is 10.7. The molecular formula is C18H22ClN3O4. The molecule has 1 saturated heterocycles. The van der Waals surface area contributed by atoms with Crippen LogP contribution in [0.1, 0.15) is 21.9 Å². The Kier molecular flexibility index (Phi) is 6.62. The molecule has 7 nitrogen and oxygen atoms in total. The predicted octanol–water partition coefficient (Wildman–Crippen LogP) is 2.36. The van der Waals surface area contributed by atoms with Crippen molar-refractivity contribution < 1.29 is 19.1 Å². The summed E-state index contributed by atoms with van der Waals surface area (Å²) >= 11 is 6.30. The van der Waals surface area contributed by atoms with Gasteiger partial charge in [0.25, 0.3) is 0 Å². The molecule has 0 atom stereocenters. The van der Waals surface area contributed by atoms with Crippen LogP contribution in [0.15, 0.2) is 34.9 Å². The predicted molar refractivity (Wildman–Crippen MR) is 96.3 cm³/mol. The summed E-state index contributed by atoms with van der Waals surface area (Å²) in [5, 5.41) is 9.72.